The highest BCUT2D eigenvalue weighted by Crippen LogP contribution is 2.28. The van der Waals surface area contributed by atoms with Crippen molar-refractivity contribution in [1.82, 2.24) is 5.32 Å². The zero-order chi connectivity index (χ0) is 19.2. The summed E-state index contributed by atoms with van der Waals surface area (Å²) in [4.78, 5) is 36.1. The zero-order valence-corrected chi connectivity index (χ0v) is 15.4. The fourth-order valence-electron chi connectivity index (χ4n) is 2.43. The number of carbonyl (C=O) groups excluding carboxylic acids is 3. The second-order valence-electron chi connectivity index (χ2n) is 5.62. The number of anilines is 1. The van der Waals surface area contributed by atoms with Gasteiger partial charge in [0.2, 0.25) is 5.91 Å². The number of nitrogens with one attached hydrogen (secondary N) is 2. The SMILES string of the molecule is CCOC(=O)c1cc2cc(NC(=O)CCNC(=O)c3ccco3)ccc2s1. The van der Waals surface area contributed by atoms with Crippen LogP contribution in [0.15, 0.2) is 47.1 Å². The maximum Gasteiger partial charge on any atom is 0.348 e. The number of ether oxygens (including phenoxy) is 1. The summed E-state index contributed by atoms with van der Waals surface area (Å²) < 4.78 is 10.9. The number of amides is 2. The number of fused-ring (bicyclic) bond motifs is 1. The van der Waals surface area contributed by atoms with Crippen LogP contribution in [0.4, 0.5) is 5.69 Å². The Hall–Kier alpha value is -3.13. The summed E-state index contributed by atoms with van der Waals surface area (Å²) in [6.45, 7) is 2.28. The zero-order valence-electron chi connectivity index (χ0n) is 14.6. The predicted octanol–water partition coefficient (Wildman–Crippen LogP) is 3.43. The van der Waals surface area contributed by atoms with Crippen LogP contribution in [0, 0.1) is 0 Å². The predicted molar refractivity (Wildman–Crippen MR) is 102 cm³/mol. The fourth-order valence-corrected chi connectivity index (χ4v) is 3.37. The minimum absolute atomic E-state index is 0.127. The number of rotatable bonds is 7. The minimum atomic E-state index is -0.362. The Kier molecular flexibility index (Phi) is 5.87. The molecule has 2 N–H and O–H groups in total. The van der Waals surface area contributed by atoms with Crippen molar-refractivity contribution >= 4 is 44.9 Å². The van der Waals surface area contributed by atoms with Gasteiger partial charge >= 0.3 is 5.97 Å². The number of thiophene rings is 1. The standard InChI is InChI=1S/C19H18N2O5S/c1-2-25-19(24)16-11-12-10-13(5-6-15(12)27-16)21-17(22)7-8-20-18(23)14-4-3-9-26-14/h3-6,9-11H,2,7-8H2,1H3,(H,20,23)(H,21,22). The summed E-state index contributed by atoms with van der Waals surface area (Å²) in [7, 11) is 0. The fraction of sp³-hybridized carbons (Fsp3) is 0.211. The average molecular weight is 386 g/mol. The normalized spacial score (nSPS) is 10.6. The number of hydrogen-bond donors (Lipinski definition) is 2. The lowest BCUT2D eigenvalue weighted by molar-refractivity contribution is -0.116. The smallest absolute Gasteiger partial charge is 0.348 e. The molecule has 2 amide bonds. The molecular formula is C19H18N2O5S. The maximum absolute atomic E-state index is 12.1. The topological polar surface area (TPSA) is 97.6 Å². The van der Waals surface area contributed by atoms with Crippen molar-refractivity contribution < 1.29 is 23.5 Å². The van der Waals surface area contributed by atoms with E-state index in [1.165, 1.54) is 17.6 Å². The van der Waals surface area contributed by atoms with Crippen LogP contribution in [0.25, 0.3) is 10.1 Å². The second-order valence-corrected chi connectivity index (χ2v) is 6.70. The molecule has 3 aromatic rings. The molecule has 0 aliphatic rings. The van der Waals surface area contributed by atoms with E-state index in [0.29, 0.717) is 17.2 Å². The molecule has 0 unspecified atom stereocenters. The van der Waals surface area contributed by atoms with Gasteiger partial charge in [-0.05, 0) is 48.7 Å². The van der Waals surface area contributed by atoms with Gasteiger partial charge < -0.3 is 19.8 Å². The average Bonchev–Trinajstić information content (AvgIpc) is 3.31. The van der Waals surface area contributed by atoms with Crippen molar-refractivity contribution in [2.75, 3.05) is 18.5 Å². The van der Waals surface area contributed by atoms with E-state index < -0.39 is 0 Å². The molecule has 0 fully saturated rings. The summed E-state index contributed by atoms with van der Waals surface area (Å²) in [6.07, 6.45) is 1.54. The third kappa shape index (κ3) is 4.73. The van der Waals surface area contributed by atoms with Crippen LogP contribution >= 0.6 is 11.3 Å². The van der Waals surface area contributed by atoms with Crippen molar-refractivity contribution in [3.05, 3.63) is 53.3 Å². The van der Waals surface area contributed by atoms with Crippen LogP contribution in [0.2, 0.25) is 0 Å². The number of hydrogen-bond acceptors (Lipinski definition) is 6. The Morgan fingerprint density at radius 3 is 2.78 bits per heavy atom. The molecule has 0 aliphatic heterocycles. The molecular weight excluding hydrogens is 368 g/mol. The molecule has 0 saturated heterocycles. The van der Waals surface area contributed by atoms with Crippen LogP contribution in [0.1, 0.15) is 33.6 Å². The van der Waals surface area contributed by atoms with Gasteiger partial charge in [0.05, 0.1) is 12.9 Å². The summed E-state index contributed by atoms with van der Waals surface area (Å²) in [5.41, 5.74) is 0.623. The van der Waals surface area contributed by atoms with E-state index in [4.69, 9.17) is 9.15 Å². The third-order valence-electron chi connectivity index (χ3n) is 3.66. The van der Waals surface area contributed by atoms with Gasteiger partial charge in [-0.2, -0.15) is 0 Å². The van der Waals surface area contributed by atoms with Gasteiger partial charge in [-0.25, -0.2) is 4.79 Å². The number of esters is 1. The number of benzene rings is 1. The van der Waals surface area contributed by atoms with Crippen molar-refractivity contribution in [3.8, 4) is 0 Å². The molecule has 0 atom stereocenters. The van der Waals surface area contributed by atoms with Crippen molar-refractivity contribution in [2.24, 2.45) is 0 Å². The number of furan rings is 1. The summed E-state index contributed by atoms with van der Waals surface area (Å²) >= 11 is 1.35. The summed E-state index contributed by atoms with van der Waals surface area (Å²) in [6, 6.07) is 10.3. The van der Waals surface area contributed by atoms with Gasteiger partial charge in [-0.3, -0.25) is 9.59 Å². The molecule has 0 aliphatic carbocycles. The van der Waals surface area contributed by atoms with Crippen LogP contribution in [-0.2, 0) is 9.53 Å². The monoisotopic (exact) mass is 386 g/mol. The molecule has 0 saturated carbocycles. The van der Waals surface area contributed by atoms with E-state index in [-0.39, 0.29) is 36.5 Å². The van der Waals surface area contributed by atoms with E-state index >= 15 is 0 Å². The van der Waals surface area contributed by atoms with E-state index in [2.05, 4.69) is 10.6 Å². The van der Waals surface area contributed by atoms with Crippen LogP contribution in [0.3, 0.4) is 0 Å². The molecule has 0 radical (unpaired) electrons. The van der Waals surface area contributed by atoms with E-state index in [1.807, 2.05) is 6.07 Å². The van der Waals surface area contributed by atoms with Crippen molar-refractivity contribution in [2.45, 2.75) is 13.3 Å². The van der Waals surface area contributed by atoms with Crippen LogP contribution < -0.4 is 10.6 Å². The first kappa shape index (κ1) is 18.7. The molecule has 2 aromatic heterocycles. The van der Waals surface area contributed by atoms with Crippen LogP contribution in [-0.4, -0.2) is 30.9 Å². The first-order valence-electron chi connectivity index (χ1n) is 8.39. The molecule has 2 heterocycles. The lowest BCUT2D eigenvalue weighted by atomic mass is 10.2. The maximum atomic E-state index is 12.1. The Morgan fingerprint density at radius 1 is 1.19 bits per heavy atom. The quantitative estimate of drug-likeness (QED) is 0.606. The molecule has 3 rings (SSSR count). The van der Waals surface area contributed by atoms with E-state index in [0.717, 1.165) is 10.1 Å². The van der Waals surface area contributed by atoms with E-state index in [1.54, 1.807) is 37.3 Å². The van der Waals surface area contributed by atoms with E-state index in [9.17, 15) is 14.4 Å². The Morgan fingerprint density at radius 2 is 2.04 bits per heavy atom. The Balaban J connectivity index is 1.55. The van der Waals surface area contributed by atoms with Gasteiger partial charge in [0.15, 0.2) is 5.76 Å². The largest absolute Gasteiger partial charge is 0.462 e. The first-order valence-corrected chi connectivity index (χ1v) is 9.20. The van der Waals surface area contributed by atoms with Gasteiger partial charge in [-0.1, -0.05) is 0 Å². The molecule has 0 bridgehead atoms. The third-order valence-corrected chi connectivity index (χ3v) is 4.76. The summed E-state index contributed by atoms with van der Waals surface area (Å²) in [5, 5.41) is 6.25. The lowest BCUT2D eigenvalue weighted by Gasteiger charge is -2.06. The molecule has 1 aromatic carbocycles. The second kappa shape index (κ2) is 8.50. The molecule has 0 spiro atoms. The minimum Gasteiger partial charge on any atom is -0.462 e. The van der Waals surface area contributed by atoms with Crippen LogP contribution in [0.5, 0.6) is 0 Å². The Labute approximate surface area is 159 Å². The molecule has 140 valence electrons. The van der Waals surface area contributed by atoms with Gasteiger partial charge in [-0.15, -0.1) is 11.3 Å². The van der Waals surface area contributed by atoms with Crippen molar-refractivity contribution in [1.29, 1.82) is 0 Å². The van der Waals surface area contributed by atoms with Gasteiger partial charge in [0, 0.05) is 23.4 Å². The molecule has 7 nitrogen and oxygen atoms in total. The van der Waals surface area contributed by atoms with Gasteiger partial charge in [0.25, 0.3) is 5.91 Å². The Bertz CT molecular complexity index is 962. The van der Waals surface area contributed by atoms with Gasteiger partial charge in [0.1, 0.15) is 4.88 Å². The highest BCUT2D eigenvalue weighted by molar-refractivity contribution is 7.20. The highest BCUT2D eigenvalue weighted by Gasteiger charge is 2.12. The first-order chi connectivity index (χ1) is 13.1. The number of carbonyl (C=O) groups is 3. The van der Waals surface area contributed by atoms with Crippen molar-refractivity contribution in [3.63, 3.8) is 0 Å². The lowest BCUT2D eigenvalue weighted by Crippen LogP contribution is -2.27. The molecule has 8 heteroatoms. The highest BCUT2D eigenvalue weighted by atomic mass is 32.1. The molecule has 27 heavy (non-hydrogen) atoms. The summed E-state index contributed by atoms with van der Waals surface area (Å²) in [5.74, 6) is -0.735.